The number of carbonyl (C=O) groups is 2. The van der Waals surface area contributed by atoms with Crippen molar-refractivity contribution in [3.63, 3.8) is 0 Å². The van der Waals surface area contributed by atoms with Gasteiger partial charge in [0.15, 0.2) is 0 Å². The lowest BCUT2D eigenvalue weighted by molar-refractivity contribution is -0.126. The highest BCUT2D eigenvalue weighted by atomic mass is 16.2. The first-order valence-corrected chi connectivity index (χ1v) is 10.3. The highest BCUT2D eigenvalue weighted by molar-refractivity contribution is 6.19. The van der Waals surface area contributed by atoms with Gasteiger partial charge in [-0.15, -0.1) is 0 Å². The minimum absolute atomic E-state index is 0.317. The minimum Gasteiger partial charge on any atom is -0.294 e. The first-order valence-electron chi connectivity index (χ1n) is 10.3. The van der Waals surface area contributed by atoms with Gasteiger partial charge in [-0.1, -0.05) is 121 Å². The summed E-state index contributed by atoms with van der Waals surface area (Å²) in [7, 11) is 0. The molecule has 0 aliphatic carbocycles. The van der Waals surface area contributed by atoms with Crippen molar-refractivity contribution in [1.29, 1.82) is 0 Å². The average molecular weight is 403 g/mol. The van der Waals surface area contributed by atoms with Gasteiger partial charge in [0.1, 0.15) is 10.8 Å². The van der Waals surface area contributed by atoms with E-state index in [1.165, 1.54) is 0 Å². The van der Waals surface area contributed by atoms with Gasteiger partial charge in [-0.2, -0.15) is 0 Å². The molecule has 0 saturated carbocycles. The topological polar surface area (TPSA) is 46.2 Å². The summed E-state index contributed by atoms with van der Waals surface area (Å²) in [5, 5.41) is 2.71. The van der Waals surface area contributed by atoms with Crippen LogP contribution >= 0.6 is 0 Å². The number of benzene rings is 4. The maximum atomic E-state index is 13.9. The quantitative estimate of drug-likeness (QED) is 0.506. The second-order valence-electron chi connectivity index (χ2n) is 7.75. The fourth-order valence-electron chi connectivity index (χ4n) is 5.11. The zero-order valence-corrected chi connectivity index (χ0v) is 16.9. The van der Waals surface area contributed by atoms with Crippen molar-refractivity contribution in [2.45, 2.75) is 10.8 Å². The molecule has 0 atom stereocenters. The molecule has 3 nitrogen and oxygen atoms in total. The van der Waals surface area contributed by atoms with Crippen LogP contribution in [0.2, 0.25) is 0 Å². The Kier molecular flexibility index (Phi) is 4.52. The molecule has 0 bridgehead atoms. The normalized spacial score (nSPS) is 16.6. The maximum absolute atomic E-state index is 13.9. The van der Waals surface area contributed by atoms with Crippen LogP contribution in [0.3, 0.4) is 0 Å². The highest BCUT2D eigenvalue weighted by Crippen LogP contribution is 2.56. The van der Waals surface area contributed by atoms with Crippen LogP contribution in [0.1, 0.15) is 22.3 Å². The van der Waals surface area contributed by atoms with E-state index in [1.54, 1.807) is 0 Å². The number of amides is 2. The van der Waals surface area contributed by atoms with Crippen molar-refractivity contribution in [3.8, 4) is 0 Å². The van der Waals surface area contributed by atoms with Crippen LogP contribution in [0.15, 0.2) is 121 Å². The van der Waals surface area contributed by atoms with Crippen LogP contribution in [0, 0.1) is 0 Å². The van der Waals surface area contributed by atoms with Crippen LogP contribution < -0.4 is 5.32 Å². The zero-order valence-electron chi connectivity index (χ0n) is 16.9. The molecule has 3 heteroatoms. The zero-order chi connectivity index (χ0) is 21.3. The fraction of sp³-hybridized carbons (Fsp3) is 0.0714. The summed E-state index contributed by atoms with van der Waals surface area (Å²) >= 11 is 0. The second kappa shape index (κ2) is 7.37. The van der Waals surface area contributed by atoms with E-state index in [9.17, 15) is 9.59 Å². The van der Waals surface area contributed by atoms with Crippen molar-refractivity contribution in [3.05, 3.63) is 144 Å². The van der Waals surface area contributed by atoms with Crippen LogP contribution in [-0.2, 0) is 20.4 Å². The molecule has 0 unspecified atom stereocenters. The smallest absolute Gasteiger partial charge is 0.243 e. The number of carbonyl (C=O) groups excluding carboxylic acids is 2. The summed E-state index contributed by atoms with van der Waals surface area (Å²) in [5.41, 5.74) is 0.564. The Hall–Kier alpha value is -3.98. The van der Waals surface area contributed by atoms with Crippen molar-refractivity contribution in [2.75, 3.05) is 0 Å². The molecule has 1 aliphatic rings. The van der Waals surface area contributed by atoms with Gasteiger partial charge in [0, 0.05) is 0 Å². The van der Waals surface area contributed by atoms with Crippen LogP contribution in [0.5, 0.6) is 0 Å². The van der Waals surface area contributed by atoms with E-state index in [-0.39, 0.29) is 11.8 Å². The molecule has 5 rings (SSSR count). The van der Waals surface area contributed by atoms with Gasteiger partial charge < -0.3 is 0 Å². The molecule has 1 heterocycles. The van der Waals surface area contributed by atoms with Gasteiger partial charge in [-0.25, -0.2) is 0 Å². The Morgan fingerprint density at radius 2 is 0.613 bits per heavy atom. The summed E-state index contributed by atoms with van der Waals surface area (Å²) in [4.78, 5) is 27.9. The molecule has 4 aromatic carbocycles. The van der Waals surface area contributed by atoms with Gasteiger partial charge in [0.2, 0.25) is 11.8 Å². The predicted octanol–water partition coefficient (Wildman–Crippen LogP) is 4.62. The Bertz CT molecular complexity index is 1040. The third kappa shape index (κ3) is 2.53. The van der Waals surface area contributed by atoms with Crippen molar-refractivity contribution in [2.24, 2.45) is 0 Å². The fourth-order valence-corrected chi connectivity index (χ4v) is 5.11. The highest BCUT2D eigenvalue weighted by Gasteiger charge is 2.69. The van der Waals surface area contributed by atoms with Crippen molar-refractivity contribution in [1.82, 2.24) is 5.32 Å². The van der Waals surface area contributed by atoms with Crippen LogP contribution in [0.25, 0.3) is 0 Å². The van der Waals surface area contributed by atoms with Crippen LogP contribution in [-0.4, -0.2) is 11.8 Å². The Labute approximate surface area is 181 Å². The van der Waals surface area contributed by atoms with E-state index in [1.807, 2.05) is 121 Å². The first kappa shape index (κ1) is 19.0. The van der Waals surface area contributed by atoms with E-state index < -0.39 is 10.8 Å². The number of imide groups is 1. The van der Waals surface area contributed by atoms with Crippen LogP contribution in [0.4, 0.5) is 0 Å². The SMILES string of the molecule is O=C1NC(=O)C(c2ccccc2)(c2ccccc2)C1(c1ccccc1)c1ccccc1. The molecule has 0 aromatic heterocycles. The third-order valence-corrected chi connectivity index (χ3v) is 6.30. The Morgan fingerprint density at radius 1 is 0.387 bits per heavy atom. The lowest BCUT2D eigenvalue weighted by atomic mass is 9.53. The molecule has 1 aliphatic heterocycles. The summed E-state index contributed by atoms with van der Waals surface area (Å²) in [6.45, 7) is 0. The van der Waals surface area contributed by atoms with E-state index in [0.29, 0.717) is 0 Å². The Morgan fingerprint density at radius 3 is 0.839 bits per heavy atom. The van der Waals surface area contributed by atoms with Gasteiger partial charge in [0.25, 0.3) is 0 Å². The molecule has 1 N–H and O–H groups in total. The standard InChI is InChI=1S/C28H21NO2/c30-25-27(21-13-5-1-6-14-21,22-15-7-2-8-16-22)28(26(31)29-25,23-17-9-3-10-18-23)24-19-11-4-12-20-24/h1-20H,(H,29,30,31). The van der Waals surface area contributed by atoms with Gasteiger partial charge in [0.05, 0.1) is 0 Å². The predicted molar refractivity (Wildman–Crippen MR) is 120 cm³/mol. The monoisotopic (exact) mass is 403 g/mol. The number of hydrogen-bond donors (Lipinski definition) is 1. The van der Waals surface area contributed by atoms with E-state index >= 15 is 0 Å². The van der Waals surface area contributed by atoms with Gasteiger partial charge >= 0.3 is 0 Å². The average Bonchev–Trinajstić information content (AvgIpc) is 3.08. The molecule has 31 heavy (non-hydrogen) atoms. The summed E-state index contributed by atoms with van der Waals surface area (Å²) in [6, 6.07) is 38.5. The van der Waals surface area contributed by atoms with E-state index in [4.69, 9.17) is 0 Å². The number of rotatable bonds is 4. The Balaban J connectivity index is 2.01. The number of hydrogen-bond acceptors (Lipinski definition) is 2. The van der Waals surface area contributed by atoms with E-state index in [2.05, 4.69) is 5.32 Å². The summed E-state index contributed by atoms with van der Waals surface area (Å²) in [6.07, 6.45) is 0. The molecule has 150 valence electrons. The molecule has 2 amide bonds. The lowest BCUT2D eigenvalue weighted by Gasteiger charge is -2.43. The summed E-state index contributed by atoms with van der Waals surface area (Å²) in [5.74, 6) is -0.634. The molecular weight excluding hydrogens is 382 g/mol. The molecule has 4 aromatic rings. The molecule has 0 radical (unpaired) electrons. The van der Waals surface area contributed by atoms with Gasteiger partial charge in [-0.3, -0.25) is 14.9 Å². The molecule has 1 fully saturated rings. The minimum atomic E-state index is -1.27. The molecular formula is C28H21NO2. The van der Waals surface area contributed by atoms with Crippen molar-refractivity contribution < 1.29 is 9.59 Å². The maximum Gasteiger partial charge on any atom is 0.243 e. The van der Waals surface area contributed by atoms with Crippen molar-refractivity contribution >= 4 is 11.8 Å². The second-order valence-corrected chi connectivity index (χ2v) is 7.75. The first-order chi connectivity index (χ1) is 15.2. The number of nitrogens with one attached hydrogen (secondary N) is 1. The molecule has 0 spiro atoms. The largest absolute Gasteiger partial charge is 0.294 e. The van der Waals surface area contributed by atoms with E-state index in [0.717, 1.165) is 22.3 Å². The van der Waals surface area contributed by atoms with Gasteiger partial charge in [-0.05, 0) is 22.3 Å². The third-order valence-electron chi connectivity index (χ3n) is 6.30. The molecule has 1 saturated heterocycles. The lowest BCUT2D eigenvalue weighted by Crippen LogP contribution is -2.53. The summed E-state index contributed by atoms with van der Waals surface area (Å²) < 4.78 is 0.